The molecule has 0 atom stereocenters. The van der Waals surface area contributed by atoms with E-state index in [0.29, 0.717) is 18.0 Å². The molecule has 2 aromatic carbocycles. The number of hydrogen-bond donors (Lipinski definition) is 1. The molecule has 0 spiro atoms. The molecule has 0 unspecified atom stereocenters. The monoisotopic (exact) mass is 335 g/mol. The lowest BCUT2D eigenvalue weighted by molar-refractivity contribution is 0.0600. The van der Waals surface area contributed by atoms with Crippen LogP contribution >= 0.6 is 0 Å². The second-order valence-corrected chi connectivity index (χ2v) is 6.26. The Kier molecular flexibility index (Phi) is 5.23. The molecule has 0 fully saturated rings. The molecule has 6 nitrogen and oxygen atoms in total. The zero-order chi connectivity index (χ0) is 16.9. The minimum Gasteiger partial charge on any atom is -0.494 e. The van der Waals surface area contributed by atoms with E-state index in [4.69, 9.17) is 4.74 Å². The van der Waals surface area contributed by atoms with Gasteiger partial charge >= 0.3 is 5.97 Å². The maximum Gasteiger partial charge on any atom is 0.337 e. The molecule has 122 valence electrons. The molecule has 0 radical (unpaired) electrons. The number of ether oxygens (including phenoxy) is 2. The van der Waals surface area contributed by atoms with E-state index in [-0.39, 0.29) is 10.5 Å². The van der Waals surface area contributed by atoms with E-state index in [2.05, 4.69) is 9.46 Å². The van der Waals surface area contributed by atoms with Crippen molar-refractivity contribution in [3.8, 4) is 5.75 Å². The van der Waals surface area contributed by atoms with Gasteiger partial charge in [0.1, 0.15) is 5.75 Å². The zero-order valence-corrected chi connectivity index (χ0v) is 13.6. The Morgan fingerprint density at radius 3 is 2.43 bits per heavy atom. The lowest BCUT2D eigenvalue weighted by atomic mass is 10.2. The topological polar surface area (TPSA) is 81.7 Å². The first-order chi connectivity index (χ1) is 11.0. The third-order valence-electron chi connectivity index (χ3n) is 2.98. The number of anilines is 1. The summed E-state index contributed by atoms with van der Waals surface area (Å²) in [7, 11) is -2.56. The molecule has 0 aromatic heterocycles. The number of rotatable bonds is 6. The van der Waals surface area contributed by atoms with E-state index >= 15 is 0 Å². The Morgan fingerprint density at radius 2 is 1.83 bits per heavy atom. The quantitative estimate of drug-likeness (QED) is 0.821. The van der Waals surface area contributed by atoms with Crippen LogP contribution in [0.4, 0.5) is 5.69 Å². The first-order valence-electron chi connectivity index (χ1n) is 6.90. The molecule has 0 amide bonds. The Balaban J connectivity index is 2.23. The van der Waals surface area contributed by atoms with Gasteiger partial charge in [-0.3, -0.25) is 4.72 Å². The van der Waals surface area contributed by atoms with Crippen molar-refractivity contribution in [2.45, 2.75) is 11.8 Å². The highest BCUT2D eigenvalue weighted by atomic mass is 32.2. The molecule has 1 N–H and O–H groups in total. The van der Waals surface area contributed by atoms with Gasteiger partial charge in [0.2, 0.25) is 0 Å². The van der Waals surface area contributed by atoms with Gasteiger partial charge < -0.3 is 9.47 Å². The average molecular weight is 335 g/mol. The van der Waals surface area contributed by atoms with Crippen molar-refractivity contribution in [2.24, 2.45) is 0 Å². The lowest BCUT2D eigenvalue weighted by Crippen LogP contribution is -2.14. The summed E-state index contributed by atoms with van der Waals surface area (Å²) in [6.07, 6.45) is 0. The van der Waals surface area contributed by atoms with Gasteiger partial charge in [0.25, 0.3) is 10.0 Å². The summed E-state index contributed by atoms with van der Waals surface area (Å²) in [5, 5.41) is 0. The molecule has 2 rings (SSSR count). The Labute approximate surface area is 135 Å². The third kappa shape index (κ3) is 4.23. The maximum atomic E-state index is 12.4. The molecule has 7 heteroatoms. The van der Waals surface area contributed by atoms with Crippen molar-refractivity contribution in [1.29, 1.82) is 0 Å². The van der Waals surface area contributed by atoms with E-state index in [1.165, 1.54) is 31.4 Å². The summed E-state index contributed by atoms with van der Waals surface area (Å²) in [6, 6.07) is 12.2. The molecule has 0 saturated carbocycles. The summed E-state index contributed by atoms with van der Waals surface area (Å²) < 4.78 is 37.1. The molecule has 23 heavy (non-hydrogen) atoms. The van der Waals surface area contributed by atoms with Gasteiger partial charge in [-0.2, -0.15) is 0 Å². The molecule has 0 bridgehead atoms. The normalized spacial score (nSPS) is 10.9. The molecule has 0 aliphatic carbocycles. The maximum absolute atomic E-state index is 12.4. The number of esters is 1. The number of benzene rings is 2. The minimum atomic E-state index is -3.80. The highest BCUT2D eigenvalue weighted by Gasteiger charge is 2.16. The van der Waals surface area contributed by atoms with Crippen LogP contribution in [0.15, 0.2) is 53.4 Å². The molecule has 0 saturated heterocycles. The number of nitrogens with one attached hydrogen (secondary N) is 1. The fourth-order valence-electron chi connectivity index (χ4n) is 1.91. The highest BCUT2D eigenvalue weighted by molar-refractivity contribution is 7.92. The van der Waals surface area contributed by atoms with Crippen molar-refractivity contribution in [3.05, 3.63) is 54.1 Å². The Morgan fingerprint density at radius 1 is 1.13 bits per heavy atom. The number of carbonyl (C=O) groups excluding carboxylic acids is 1. The first kappa shape index (κ1) is 16.8. The number of hydrogen-bond acceptors (Lipinski definition) is 5. The predicted molar refractivity (Wildman–Crippen MR) is 86.2 cm³/mol. The van der Waals surface area contributed by atoms with Crippen LogP contribution in [0.3, 0.4) is 0 Å². The smallest absolute Gasteiger partial charge is 0.337 e. The predicted octanol–water partition coefficient (Wildman–Crippen LogP) is 2.67. The lowest BCUT2D eigenvalue weighted by Gasteiger charge is -2.10. The van der Waals surface area contributed by atoms with Crippen molar-refractivity contribution < 1.29 is 22.7 Å². The summed E-state index contributed by atoms with van der Waals surface area (Å²) in [4.78, 5) is 11.5. The van der Waals surface area contributed by atoms with Crippen LogP contribution in [0, 0.1) is 0 Å². The van der Waals surface area contributed by atoms with E-state index < -0.39 is 16.0 Å². The van der Waals surface area contributed by atoms with Crippen LogP contribution in [0.25, 0.3) is 0 Å². The Bertz CT molecular complexity index is 784. The fourth-order valence-corrected chi connectivity index (χ4v) is 3.01. The Hall–Kier alpha value is -2.54. The SMILES string of the molecule is CCOc1ccc(NS(=O)(=O)c2cccc(C(=O)OC)c2)cc1. The van der Waals surface area contributed by atoms with E-state index in [1.54, 1.807) is 24.3 Å². The first-order valence-corrected chi connectivity index (χ1v) is 8.38. The van der Waals surface area contributed by atoms with Crippen LogP contribution < -0.4 is 9.46 Å². The number of sulfonamides is 1. The summed E-state index contributed by atoms with van der Waals surface area (Å²) in [5.74, 6) is 0.0613. The van der Waals surface area contributed by atoms with Gasteiger partial charge in [0.05, 0.1) is 24.2 Å². The van der Waals surface area contributed by atoms with Crippen LogP contribution in [-0.2, 0) is 14.8 Å². The molecular formula is C16H17NO5S. The summed E-state index contributed by atoms with van der Waals surface area (Å²) in [5.41, 5.74) is 0.569. The third-order valence-corrected chi connectivity index (χ3v) is 4.36. The molecule has 0 aliphatic heterocycles. The van der Waals surface area contributed by atoms with E-state index in [1.807, 2.05) is 6.92 Å². The average Bonchev–Trinajstić information content (AvgIpc) is 2.56. The molecule has 2 aromatic rings. The van der Waals surface area contributed by atoms with Gasteiger partial charge in [-0.25, -0.2) is 13.2 Å². The molecule has 0 heterocycles. The highest BCUT2D eigenvalue weighted by Crippen LogP contribution is 2.20. The van der Waals surface area contributed by atoms with E-state index in [9.17, 15) is 13.2 Å². The van der Waals surface area contributed by atoms with Gasteiger partial charge in [0.15, 0.2) is 0 Å². The minimum absolute atomic E-state index is 0.0192. The fraction of sp³-hybridized carbons (Fsp3) is 0.188. The van der Waals surface area contributed by atoms with Crippen LogP contribution in [0.1, 0.15) is 17.3 Å². The standard InChI is InChI=1S/C16H17NO5S/c1-3-22-14-9-7-13(8-10-14)17-23(19,20)15-6-4-5-12(11-15)16(18)21-2/h4-11,17H,3H2,1-2H3. The van der Waals surface area contributed by atoms with E-state index in [0.717, 1.165) is 0 Å². The van der Waals surface area contributed by atoms with Crippen molar-refractivity contribution in [2.75, 3.05) is 18.4 Å². The van der Waals surface area contributed by atoms with Crippen molar-refractivity contribution in [3.63, 3.8) is 0 Å². The van der Waals surface area contributed by atoms with Crippen LogP contribution in [-0.4, -0.2) is 28.1 Å². The largest absolute Gasteiger partial charge is 0.494 e. The second kappa shape index (κ2) is 7.15. The number of methoxy groups -OCH3 is 1. The van der Waals surface area contributed by atoms with Gasteiger partial charge in [-0.1, -0.05) is 6.07 Å². The van der Waals surface area contributed by atoms with Crippen molar-refractivity contribution >= 4 is 21.7 Å². The van der Waals surface area contributed by atoms with Gasteiger partial charge in [-0.15, -0.1) is 0 Å². The summed E-state index contributed by atoms with van der Waals surface area (Å²) >= 11 is 0. The molecule has 0 aliphatic rings. The zero-order valence-electron chi connectivity index (χ0n) is 12.8. The van der Waals surface area contributed by atoms with Crippen molar-refractivity contribution in [1.82, 2.24) is 0 Å². The van der Waals surface area contributed by atoms with Gasteiger partial charge in [-0.05, 0) is 49.4 Å². The number of carbonyl (C=O) groups is 1. The molecular weight excluding hydrogens is 318 g/mol. The van der Waals surface area contributed by atoms with Crippen LogP contribution in [0.2, 0.25) is 0 Å². The second-order valence-electron chi connectivity index (χ2n) is 4.58. The summed E-state index contributed by atoms with van der Waals surface area (Å²) in [6.45, 7) is 2.40. The van der Waals surface area contributed by atoms with Gasteiger partial charge in [0, 0.05) is 5.69 Å². The van der Waals surface area contributed by atoms with Crippen LogP contribution in [0.5, 0.6) is 5.75 Å².